The maximum absolute atomic E-state index is 12.5. The van der Waals surface area contributed by atoms with Gasteiger partial charge in [0.15, 0.2) is 9.84 Å². The fraction of sp³-hybridized carbons (Fsp3) is 0.190. The summed E-state index contributed by atoms with van der Waals surface area (Å²) in [6, 6.07) is 16.4. The van der Waals surface area contributed by atoms with Crippen molar-refractivity contribution in [2.24, 2.45) is 0 Å². The molecule has 3 rings (SSSR count). The van der Waals surface area contributed by atoms with E-state index in [2.05, 4.69) is 5.32 Å². The maximum atomic E-state index is 12.5. The smallest absolute Gasteiger partial charge is 0.251 e. The summed E-state index contributed by atoms with van der Waals surface area (Å²) in [6.45, 7) is 1.91. The minimum absolute atomic E-state index is 0.00982. The maximum Gasteiger partial charge on any atom is 0.251 e. The van der Waals surface area contributed by atoms with Crippen molar-refractivity contribution < 1.29 is 22.7 Å². The van der Waals surface area contributed by atoms with Crippen LogP contribution in [0.25, 0.3) is 0 Å². The lowest BCUT2D eigenvalue weighted by Crippen LogP contribution is -2.28. The predicted octanol–water partition coefficient (Wildman–Crippen LogP) is 3.03. The van der Waals surface area contributed by atoms with Gasteiger partial charge in [0, 0.05) is 5.56 Å². The zero-order valence-corrected chi connectivity index (χ0v) is 16.1. The minimum Gasteiger partial charge on any atom is -0.467 e. The first kappa shape index (κ1) is 19.9. The minimum atomic E-state index is -3.45. The number of furan rings is 1. The standard InChI is InChI=1S/C21H21NO5S/c1-15-4-10-18(11-5-15)28(25,26)14-16-6-8-17(9-7-16)21(24)22-13-19(23)20-3-2-12-27-20/h2-12,19,23H,13-14H2,1H3,(H,22,24). The Bertz CT molecular complexity index is 1020. The highest BCUT2D eigenvalue weighted by Gasteiger charge is 2.16. The average molecular weight is 399 g/mol. The molecule has 0 saturated carbocycles. The Morgan fingerprint density at radius 2 is 1.75 bits per heavy atom. The summed E-state index contributed by atoms with van der Waals surface area (Å²) in [5.41, 5.74) is 1.96. The average Bonchev–Trinajstić information content (AvgIpc) is 3.21. The van der Waals surface area contributed by atoms with Gasteiger partial charge in [0.05, 0.1) is 23.5 Å². The number of nitrogens with one attached hydrogen (secondary N) is 1. The number of aliphatic hydroxyl groups excluding tert-OH is 1. The van der Waals surface area contributed by atoms with Gasteiger partial charge >= 0.3 is 0 Å². The lowest BCUT2D eigenvalue weighted by atomic mass is 10.1. The van der Waals surface area contributed by atoms with E-state index in [-0.39, 0.29) is 23.1 Å². The van der Waals surface area contributed by atoms with Gasteiger partial charge < -0.3 is 14.8 Å². The van der Waals surface area contributed by atoms with Gasteiger partial charge in [0.1, 0.15) is 11.9 Å². The number of hydrogen-bond donors (Lipinski definition) is 2. The second kappa shape index (κ2) is 8.41. The number of carbonyl (C=O) groups is 1. The molecule has 0 fully saturated rings. The molecule has 6 nitrogen and oxygen atoms in total. The lowest BCUT2D eigenvalue weighted by Gasteiger charge is -2.10. The Hall–Kier alpha value is -2.90. The summed E-state index contributed by atoms with van der Waals surface area (Å²) in [5, 5.41) is 12.5. The van der Waals surface area contributed by atoms with Gasteiger partial charge in [-0.2, -0.15) is 0 Å². The second-order valence-corrected chi connectivity index (χ2v) is 8.50. The van der Waals surface area contributed by atoms with Crippen LogP contribution in [0.2, 0.25) is 0 Å². The van der Waals surface area contributed by atoms with Crippen LogP contribution in [-0.2, 0) is 15.6 Å². The molecule has 1 unspecified atom stereocenters. The van der Waals surface area contributed by atoms with E-state index in [9.17, 15) is 18.3 Å². The van der Waals surface area contributed by atoms with Crippen LogP contribution < -0.4 is 5.32 Å². The van der Waals surface area contributed by atoms with E-state index in [4.69, 9.17) is 4.42 Å². The first-order chi connectivity index (χ1) is 13.3. The molecule has 1 amide bonds. The largest absolute Gasteiger partial charge is 0.467 e. The van der Waals surface area contributed by atoms with Crippen molar-refractivity contribution in [2.75, 3.05) is 6.54 Å². The molecule has 2 aromatic carbocycles. The topological polar surface area (TPSA) is 96.6 Å². The summed E-state index contributed by atoms with van der Waals surface area (Å²) in [7, 11) is -3.45. The third-order valence-corrected chi connectivity index (χ3v) is 5.98. The van der Waals surface area contributed by atoms with Crippen molar-refractivity contribution in [1.82, 2.24) is 5.32 Å². The first-order valence-corrected chi connectivity index (χ1v) is 10.4. The van der Waals surface area contributed by atoms with E-state index in [1.54, 1.807) is 60.7 Å². The molecule has 0 spiro atoms. The van der Waals surface area contributed by atoms with Crippen LogP contribution in [0, 0.1) is 6.92 Å². The monoisotopic (exact) mass is 399 g/mol. The molecule has 0 radical (unpaired) electrons. The van der Waals surface area contributed by atoms with E-state index in [0.29, 0.717) is 16.9 Å². The van der Waals surface area contributed by atoms with E-state index in [1.807, 2.05) is 6.92 Å². The molecular weight excluding hydrogens is 378 g/mol. The van der Waals surface area contributed by atoms with Crippen LogP contribution in [0.15, 0.2) is 76.2 Å². The third-order valence-electron chi connectivity index (χ3n) is 4.28. The first-order valence-electron chi connectivity index (χ1n) is 8.73. The highest BCUT2D eigenvalue weighted by atomic mass is 32.2. The molecular formula is C21H21NO5S. The van der Waals surface area contributed by atoms with Gasteiger partial charge in [-0.15, -0.1) is 0 Å². The summed E-state index contributed by atoms with van der Waals surface area (Å²) in [6.07, 6.45) is 0.516. The Morgan fingerprint density at radius 3 is 2.36 bits per heavy atom. The highest BCUT2D eigenvalue weighted by molar-refractivity contribution is 7.90. The SMILES string of the molecule is Cc1ccc(S(=O)(=O)Cc2ccc(C(=O)NCC(O)c3ccco3)cc2)cc1. The number of rotatable bonds is 7. The Kier molecular flexibility index (Phi) is 5.96. The second-order valence-electron chi connectivity index (χ2n) is 6.51. The summed E-state index contributed by atoms with van der Waals surface area (Å²) in [5.74, 6) is -0.134. The quantitative estimate of drug-likeness (QED) is 0.637. The zero-order chi connectivity index (χ0) is 20.1. The molecule has 28 heavy (non-hydrogen) atoms. The number of sulfone groups is 1. The lowest BCUT2D eigenvalue weighted by molar-refractivity contribution is 0.0901. The normalized spacial score (nSPS) is 12.5. The van der Waals surface area contributed by atoms with Crippen molar-refractivity contribution in [1.29, 1.82) is 0 Å². The predicted molar refractivity (Wildman–Crippen MR) is 105 cm³/mol. The van der Waals surface area contributed by atoms with Gasteiger partial charge in [0.2, 0.25) is 0 Å². The zero-order valence-electron chi connectivity index (χ0n) is 15.3. The van der Waals surface area contributed by atoms with E-state index >= 15 is 0 Å². The molecule has 146 valence electrons. The number of amides is 1. The number of hydrogen-bond acceptors (Lipinski definition) is 5. The van der Waals surface area contributed by atoms with Crippen LogP contribution in [0.5, 0.6) is 0 Å². The van der Waals surface area contributed by atoms with E-state index in [1.165, 1.54) is 6.26 Å². The van der Waals surface area contributed by atoms with Crippen LogP contribution in [0.3, 0.4) is 0 Å². The molecule has 3 aromatic rings. The Labute approximate surface area is 163 Å². The third kappa shape index (κ3) is 4.88. The Morgan fingerprint density at radius 1 is 1.07 bits per heavy atom. The number of aryl methyl sites for hydroxylation is 1. The van der Waals surface area contributed by atoms with Crippen molar-refractivity contribution in [2.45, 2.75) is 23.7 Å². The van der Waals surface area contributed by atoms with E-state index < -0.39 is 15.9 Å². The summed E-state index contributed by atoms with van der Waals surface area (Å²) < 4.78 is 30.1. The van der Waals surface area contributed by atoms with Crippen LogP contribution in [-0.4, -0.2) is 26.0 Å². The van der Waals surface area contributed by atoms with Gasteiger partial charge in [-0.3, -0.25) is 4.79 Å². The molecule has 2 N–H and O–H groups in total. The van der Waals surface area contributed by atoms with Gasteiger partial charge in [-0.1, -0.05) is 29.8 Å². The molecule has 1 heterocycles. The van der Waals surface area contributed by atoms with Crippen LogP contribution >= 0.6 is 0 Å². The van der Waals surface area contributed by atoms with Gasteiger partial charge in [-0.25, -0.2) is 8.42 Å². The van der Waals surface area contributed by atoms with Crippen molar-refractivity contribution in [3.63, 3.8) is 0 Å². The summed E-state index contributed by atoms with van der Waals surface area (Å²) in [4.78, 5) is 12.5. The summed E-state index contributed by atoms with van der Waals surface area (Å²) >= 11 is 0. The fourth-order valence-electron chi connectivity index (χ4n) is 2.67. The number of aliphatic hydroxyl groups is 1. The fourth-order valence-corrected chi connectivity index (χ4v) is 4.02. The van der Waals surface area contributed by atoms with Crippen LogP contribution in [0.1, 0.15) is 33.3 Å². The number of carbonyl (C=O) groups excluding carboxylic acids is 1. The molecule has 7 heteroatoms. The van der Waals surface area contributed by atoms with Gasteiger partial charge in [-0.05, 0) is 48.9 Å². The molecule has 0 saturated heterocycles. The van der Waals surface area contributed by atoms with E-state index in [0.717, 1.165) is 5.56 Å². The van der Waals surface area contributed by atoms with Crippen molar-refractivity contribution in [3.8, 4) is 0 Å². The number of benzene rings is 2. The Balaban J connectivity index is 1.61. The van der Waals surface area contributed by atoms with Crippen molar-refractivity contribution >= 4 is 15.7 Å². The van der Waals surface area contributed by atoms with Crippen molar-refractivity contribution in [3.05, 3.63) is 89.4 Å². The molecule has 1 atom stereocenters. The molecule has 0 bridgehead atoms. The van der Waals surface area contributed by atoms with Gasteiger partial charge in [0.25, 0.3) is 5.91 Å². The molecule has 0 aliphatic heterocycles. The molecule has 0 aliphatic carbocycles. The van der Waals surface area contributed by atoms with Crippen LogP contribution in [0.4, 0.5) is 0 Å². The molecule has 0 aliphatic rings. The molecule has 1 aromatic heterocycles. The highest BCUT2D eigenvalue weighted by Crippen LogP contribution is 2.18.